The maximum atomic E-state index is 14.2. The van der Waals surface area contributed by atoms with E-state index in [4.69, 9.17) is 11.1 Å². The Morgan fingerprint density at radius 1 is 1.22 bits per heavy atom. The molecule has 1 fully saturated rings. The van der Waals surface area contributed by atoms with Crippen LogP contribution in [0.15, 0.2) is 35.1 Å². The predicted molar refractivity (Wildman–Crippen MR) is 119 cm³/mol. The zero-order valence-electron chi connectivity index (χ0n) is 17.7. The maximum Gasteiger partial charge on any atom is 0.311 e. The third kappa shape index (κ3) is 3.36. The Kier molecular flexibility index (Phi) is 5.11. The van der Waals surface area contributed by atoms with Gasteiger partial charge in [0.1, 0.15) is 0 Å². The first-order chi connectivity index (χ1) is 15.1. The van der Waals surface area contributed by atoms with Crippen LogP contribution < -0.4 is 11.3 Å². The number of carboxylic acids is 1. The molecule has 0 spiro atoms. The minimum atomic E-state index is -1.03. The molecule has 1 saturated carbocycles. The highest BCUT2D eigenvalue weighted by molar-refractivity contribution is 6.03. The molecule has 2 aromatic carbocycles. The van der Waals surface area contributed by atoms with Gasteiger partial charge in [-0.05, 0) is 54.0 Å². The quantitative estimate of drug-likeness (QED) is 0.388. The van der Waals surface area contributed by atoms with Crippen LogP contribution in [0, 0.1) is 22.5 Å². The Hall–Kier alpha value is -3.55. The third-order valence-electron chi connectivity index (χ3n) is 6.19. The van der Waals surface area contributed by atoms with E-state index in [9.17, 15) is 23.5 Å². The number of nitrogens with two attached hydrogens (primary N) is 1. The zero-order valence-corrected chi connectivity index (χ0v) is 17.7. The lowest BCUT2D eigenvalue weighted by atomic mass is 9.90. The SMILES string of the molecule is CC(C)c1c(-c2ccc(F)c(F)c2)c2cc(C=N)c(N)cc2c(=O)n1CC1(C(=O)O)CC1. The molecule has 0 saturated heterocycles. The molecule has 0 aliphatic heterocycles. The molecule has 6 nitrogen and oxygen atoms in total. The van der Waals surface area contributed by atoms with Gasteiger partial charge >= 0.3 is 5.97 Å². The van der Waals surface area contributed by atoms with Gasteiger partial charge in [-0.25, -0.2) is 8.78 Å². The van der Waals surface area contributed by atoms with Gasteiger partial charge in [-0.15, -0.1) is 0 Å². The Bertz CT molecular complexity index is 1340. The van der Waals surface area contributed by atoms with E-state index in [-0.39, 0.29) is 23.5 Å². The van der Waals surface area contributed by atoms with Crippen molar-refractivity contribution in [2.75, 3.05) is 5.73 Å². The summed E-state index contributed by atoms with van der Waals surface area (Å²) in [6, 6.07) is 6.57. The summed E-state index contributed by atoms with van der Waals surface area (Å²) in [6.45, 7) is 3.69. The van der Waals surface area contributed by atoms with Gasteiger partial charge in [0.25, 0.3) is 5.56 Å². The highest BCUT2D eigenvalue weighted by Gasteiger charge is 2.51. The molecule has 0 atom stereocenters. The zero-order chi connectivity index (χ0) is 23.4. The summed E-state index contributed by atoms with van der Waals surface area (Å²) in [4.78, 5) is 25.4. The fourth-order valence-corrected chi connectivity index (χ4v) is 4.28. The van der Waals surface area contributed by atoms with Gasteiger partial charge in [0.15, 0.2) is 11.6 Å². The van der Waals surface area contributed by atoms with Gasteiger partial charge in [-0.1, -0.05) is 19.9 Å². The second-order valence-electron chi connectivity index (χ2n) is 8.69. The smallest absolute Gasteiger partial charge is 0.311 e. The standard InChI is InChI=1S/C24H23F2N3O3/c1-12(2)21-20(13-3-4-17(25)18(26)8-13)15-7-14(10-27)19(28)9-16(15)22(30)29(21)11-24(5-6-24)23(31)32/h3-4,7-10,12,27H,5-6,11,28H2,1-2H3,(H,31,32). The molecule has 166 valence electrons. The summed E-state index contributed by atoms with van der Waals surface area (Å²) in [6.07, 6.45) is 1.98. The number of aliphatic carboxylic acids is 1. The Morgan fingerprint density at radius 3 is 2.44 bits per heavy atom. The monoisotopic (exact) mass is 439 g/mol. The summed E-state index contributed by atoms with van der Waals surface area (Å²) < 4.78 is 29.3. The van der Waals surface area contributed by atoms with Crippen molar-refractivity contribution < 1.29 is 18.7 Å². The summed E-state index contributed by atoms with van der Waals surface area (Å²) in [7, 11) is 0. The molecule has 8 heteroatoms. The van der Waals surface area contributed by atoms with E-state index < -0.39 is 28.6 Å². The molecule has 1 heterocycles. The molecule has 4 rings (SSSR count). The number of fused-ring (bicyclic) bond motifs is 1. The van der Waals surface area contributed by atoms with Crippen molar-refractivity contribution in [3.05, 3.63) is 63.6 Å². The topological polar surface area (TPSA) is 109 Å². The Labute approximate surface area is 182 Å². The summed E-state index contributed by atoms with van der Waals surface area (Å²) in [5.41, 5.74) is 6.61. The number of hydrogen-bond donors (Lipinski definition) is 3. The van der Waals surface area contributed by atoms with Crippen molar-refractivity contribution >= 4 is 28.6 Å². The number of anilines is 1. The molecule has 0 unspecified atom stereocenters. The van der Waals surface area contributed by atoms with Crippen molar-refractivity contribution in [1.29, 1.82) is 5.41 Å². The largest absolute Gasteiger partial charge is 0.481 e. The van der Waals surface area contributed by atoms with Crippen LogP contribution in [0.3, 0.4) is 0 Å². The second-order valence-corrected chi connectivity index (χ2v) is 8.69. The van der Waals surface area contributed by atoms with Crippen molar-refractivity contribution in [1.82, 2.24) is 4.57 Å². The number of pyridine rings is 1. The molecular weight excluding hydrogens is 416 g/mol. The van der Waals surface area contributed by atoms with Crippen LogP contribution in [0.4, 0.5) is 14.5 Å². The summed E-state index contributed by atoms with van der Waals surface area (Å²) in [5, 5.41) is 18.0. The maximum absolute atomic E-state index is 14.2. The molecule has 3 aromatic rings. The van der Waals surface area contributed by atoms with E-state index in [0.29, 0.717) is 40.6 Å². The van der Waals surface area contributed by atoms with Gasteiger partial charge < -0.3 is 20.8 Å². The van der Waals surface area contributed by atoms with Crippen molar-refractivity contribution in [3.8, 4) is 11.1 Å². The summed E-state index contributed by atoms with van der Waals surface area (Å²) >= 11 is 0. The molecule has 1 aliphatic rings. The van der Waals surface area contributed by atoms with E-state index in [1.165, 1.54) is 16.7 Å². The number of nitrogens with one attached hydrogen (secondary N) is 1. The number of hydrogen-bond acceptors (Lipinski definition) is 4. The van der Waals surface area contributed by atoms with Crippen LogP contribution in [0.25, 0.3) is 21.9 Å². The van der Waals surface area contributed by atoms with E-state index in [2.05, 4.69) is 0 Å². The van der Waals surface area contributed by atoms with Gasteiger partial charge in [0.2, 0.25) is 0 Å². The minimum Gasteiger partial charge on any atom is -0.481 e. The normalized spacial score (nSPS) is 14.7. The number of benzene rings is 2. The van der Waals surface area contributed by atoms with E-state index in [1.54, 1.807) is 6.07 Å². The van der Waals surface area contributed by atoms with Crippen LogP contribution in [0.1, 0.15) is 43.9 Å². The number of nitrogens with zero attached hydrogens (tertiary/aromatic N) is 1. The lowest BCUT2D eigenvalue weighted by Gasteiger charge is -2.25. The van der Waals surface area contributed by atoms with Crippen LogP contribution in [0.5, 0.6) is 0 Å². The van der Waals surface area contributed by atoms with Crippen molar-refractivity contribution in [3.63, 3.8) is 0 Å². The van der Waals surface area contributed by atoms with Crippen LogP contribution >= 0.6 is 0 Å². The minimum absolute atomic E-state index is 0.0203. The number of carboxylic acid groups (broad SMARTS) is 1. The Balaban J connectivity index is 2.16. The lowest BCUT2D eigenvalue weighted by Crippen LogP contribution is -2.32. The molecule has 0 bridgehead atoms. The molecule has 1 aliphatic carbocycles. The van der Waals surface area contributed by atoms with Gasteiger partial charge in [0.05, 0.1) is 5.41 Å². The second kappa shape index (κ2) is 7.55. The molecule has 0 radical (unpaired) electrons. The van der Waals surface area contributed by atoms with Crippen LogP contribution in [-0.2, 0) is 11.3 Å². The summed E-state index contributed by atoms with van der Waals surface area (Å²) in [5.74, 6) is -3.23. The molecule has 1 aromatic heterocycles. The first-order valence-corrected chi connectivity index (χ1v) is 10.3. The van der Waals surface area contributed by atoms with Gasteiger partial charge in [-0.3, -0.25) is 9.59 Å². The average molecular weight is 439 g/mol. The molecular formula is C24H23F2N3O3. The fourth-order valence-electron chi connectivity index (χ4n) is 4.28. The number of carbonyl (C=O) groups is 1. The van der Waals surface area contributed by atoms with Gasteiger partial charge in [-0.2, -0.15) is 0 Å². The number of aromatic nitrogens is 1. The molecule has 0 amide bonds. The number of rotatable bonds is 6. The molecule has 4 N–H and O–H groups in total. The molecule has 32 heavy (non-hydrogen) atoms. The first kappa shape index (κ1) is 21.7. The van der Waals surface area contributed by atoms with E-state index in [0.717, 1.165) is 18.3 Å². The van der Waals surface area contributed by atoms with Crippen LogP contribution in [-0.4, -0.2) is 21.9 Å². The average Bonchev–Trinajstić information content (AvgIpc) is 3.52. The highest BCUT2D eigenvalue weighted by Crippen LogP contribution is 2.48. The Morgan fingerprint density at radius 2 is 1.91 bits per heavy atom. The first-order valence-electron chi connectivity index (χ1n) is 10.3. The number of nitrogen functional groups attached to an aromatic ring is 1. The van der Waals surface area contributed by atoms with Gasteiger partial charge in [0, 0.05) is 40.7 Å². The highest BCUT2D eigenvalue weighted by atomic mass is 19.2. The lowest BCUT2D eigenvalue weighted by molar-refractivity contribution is -0.143. The van der Waals surface area contributed by atoms with Crippen molar-refractivity contribution in [2.24, 2.45) is 5.41 Å². The van der Waals surface area contributed by atoms with E-state index in [1.807, 2.05) is 13.8 Å². The van der Waals surface area contributed by atoms with Crippen LogP contribution in [0.2, 0.25) is 0 Å². The van der Waals surface area contributed by atoms with E-state index >= 15 is 0 Å². The fraction of sp³-hybridized carbons (Fsp3) is 0.292. The van der Waals surface area contributed by atoms with Crippen molar-refractivity contribution in [2.45, 2.75) is 39.2 Å². The third-order valence-corrected chi connectivity index (χ3v) is 6.19. The number of halogens is 2. The predicted octanol–water partition coefficient (Wildman–Crippen LogP) is 4.51.